The molecule has 1 heterocycles. The molecule has 0 saturated heterocycles. The third-order valence-corrected chi connectivity index (χ3v) is 1.71. The maximum Gasteiger partial charge on any atom is 0.243 e. The van der Waals surface area contributed by atoms with Gasteiger partial charge in [-0.2, -0.15) is 4.98 Å². The van der Waals surface area contributed by atoms with Crippen LogP contribution in [-0.2, 0) is 0 Å². The predicted octanol–water partition coefficient (Wildman–Crippen LogP) is 1.77. The van der Waals surface area contributed by atoms with Crippen LogP contribution < -0.4 is 5.73 Å². The van der Waals surface area contributed by atoms with E-state index in [1.165, 1.54) is 0 Å². The number of hydrogen-bond donors (Lipinski definition) is 1. The molecule has 0 radical (unpaired) electrons. The summed E-state index contributed by atoms with van der Waals surface area (Å²) in [6.45, 7) is 7.61. The van der Waals surface area contributed by atoms with E-state index in [9.17, 15) is 0 Å². The molecule has 1 aromatic heterocycles. The van der Waals surface area contributed by atoms with Gasteiger partial charge in [-0.15, -0.1) is 6.58 Å². The van der Waals surface area contributed by atoms with Gasteiger partial charge in [0, 0.05) is 5.92 Å². The number of hydrogen-bond acceptors (Lipinski definition) is 4. The van der Waals surface area contributed by atoms with Crippen LogP contribution in [0.25, 0.3) is 0 Å². The zero-order valence-electron chi connectivity index (χ0n) is 8.03. The molecule has 1 rings (SSSR count). The van der Waals surface area contributed by atoms with E-state index in [0.29, 0.717) is 18.1 Å². The summed E-state index contributed by atoms with van der Waals surface area (Å²) >= 11 is 0. The molecule has 72 valence electrons. The molecule has 0 bridgehead atoms. The van der Waals surface area contributed by atoms with E-state index in [1.807, 2.05) is 13.8 Å². The maximum atomic E-state index is 5.75. The molecule has 0 saturated carbocycles. The van der Waals surface area contributed by atoms with Crippen LogP contribution in [0.5, 0.6) is 0 Å². The van der Waals surface area contributed by atoms with Crippen molar-refractivity contribution in [3.63, 3.8) is 0 Å². The van der Waals surface area contributed by atoms with Crippen molar-refractivity contribution in [1.29, 1.82) is 0 Å². The van der Waals surface area contributed by atoms with E-state index < -0.39 is 0 Å². The average molecular weight is 181 g/mol. The van der Waals surface area contributed by atoms with Crippen LogP contribution in [0.3, 0.4) is 0 Å². The van der Waals surface area contributed by atoms with Gasteiger partial charge >= 0.3 is 0 Å². The summed E-state index contributed by atoms with van der Waals surface area (Å²) in [6.07, 6.45) is 2.39. The normalized spacial score (nSPS) is 13.2. The van der Waals surface area contributed by atoms with E-state index in [2.05, 4.69) is 16.7 Å². The molecule has 0 aliphatic heterocycles. The van der Waals surface area contributed by atoms with Crippen molar-refractivity contribution in [3.05, 3.63) is 24.4 Å². The molecule has 0 fully saturated rings. The number of nitrogens with two attached hydrogens (primary N) is 1. The smallest absolute Gasteiger partial charge is 0.243 e. The average Bonchev–Trinajstić information content (AvgIpc) is 2.52. The molecule has 1 atom stereocenters. The molecular formula is C9H15N3O. The van der Waals surface area contributed by atoms with Crippen LogP contribution >= 0.6 is 0 Å². The minimum atomic E-state index is -0.225. The van der Waals surface area contributed by atoms with Gasteiger partial charge in [-0.25, -0.2) is 0 Å². The van der Waals surface area contributed by atoms with Gasteiger partial charge < -0.3 is 10.3 Å². The zero-order valence-corrected chi connectivity index (χ0v) is 8.03. The fraction of sp³-hybridized carbons (Fsp3) is 0.556. The largest absolute Gasteiger partial charge is 0.338 e. The summed E-state index contributed by atoms with van der Waals surface area (Å²) in [5.41, 5.74) is 5.75. The summed E-state index contributed by atoms with van der Waals surface area (Å²) in [5, 5.41) is 3.82. The zero-order chi connectivity index (χ0) is 9.84. The first-order valence-electron chi connectivity index (χ1n) is 4.35. The summed E-state index contributed by atoms with van der Waals surface area (Å²) < 4.78 is 5.01. The van der Waals surface area contributed by atoms with E-state index in [0.717, 1.165) is 0 Å². The van der Waals surface area contributed by atoms with Crippen LogP contribution in [-0.4, -0.2) is 10.1 Å². The third-order valence-electron chi connectivity index (χ3n) is 1.71. The first-order chi connectivity index (χ1) is 6.15. The predicted molar refractivity (Wildman–Crippen MR) is 50.1 cm³/mol. The van der Waals surface area contributed by atoms with Gasteiger partial charge in [0.1, 0.15) is 0 Å². The van der Waals surface area contributed by atoms with Crippen molar-refractivity contribution in [2.24, 2.45) is 5.73 Å². The van der Waals surface area contributed by atoms with E-state index in [1.54, 1.807) is 6.08 Å². The molecule has 0 aliphatic carbocycles. The Kier molecular flexibility index (Phi) is 3.19. The van der Waals surface area contributed by atoms with Gasteiger partial charge in [-0.1, -0.05) is 25.1 Å². The minimum absolute atomic E-state index is 0.225. The number of rotatable bonds is 4. The van der Waals surface area contributed by atoms with E-state index >= 15 is 0 Å². The lowest BCUT2D eigenvalue weighted by molar-refractivity contribution is 0.350. The molecule has 13 heavy (non-hydrogen) atoms. The highest BCUT2D eigenvalue weighted by atomic mass is 16.5. The number of nitrogens with zero attached hydrogens (tertiary/aromatic N) is 2. The molecule has 4 nitrogen and oxygen atoms in total. The molecule has 2 N–H and O–H groups in total. The molecule has 0 aliphatic rings. The highest BCUT2D eigenvalue weighted by Crippen LogP contribution is 2.15. The monoisotopic (exact) mass is 181 g/mol. The standard InChI is InChI=1S/C9H15N3O/c1-4-5-7(10)9-11-8(6(2)3)12-13-9/h4,6-7H,1,5,10H2,2-3H3. The van der Waals surface area contributed by atoms with Gasteiger partial charge in [0.05, 0.1) is 6.04 Å². The summed E-state index contributed by atoms with van der Waals surface area (Å²) in [7, 11) is 0. The van der Waals surface area contributed by atoms with Crippen molar-refractivity contribution in [3.8, 4) is 0 Å². The fourth-order valence-corrected chi connectivity index (χ4v) is 0.913. The lowest BCUT2D eigenvalue weighted by Gasteiger charge is -2.00. The topological polar surface area (TPSA) is 64.9 Å². The second-order valence-corrected chi connectivity index (χ2v) is 3.28. The van der Waals surface area contributed by atoms with E-state index in [4.69, 9.17) is 10.3 Å². The Hall–Kier alpha value is -1.16. The second kappa shape index (κ2) is 4.18. The quantitative estimate of drug-likeness (QED) is 0.719. The second-order valence-electron chi connectivity index (χ2n) is 3.28. The molecule has 0 amide bonds. The SMILES string of the molecule is C=CCC(N)c1nc(C(C)C)no1. The van der Waals surface area contributed by atoms with Gasteiger partial charge in [-0.05, 0) is 6.42 Å². The molecule has 0 spiro atoms. The molecule has 1 aromatic rings. The van der Waals surface area contributed by atoms with Gasteiger partial charge in [0.25, 0.3) is 0 Å². The maximum absolute atomic E-state index is 5.75. The first kappa shape index (κ1) is 9.92. The minimum Gasteiger partial charge on any atom is -0.338 e. The Balaban J connectivity index is 2.73. The lowest BCUT2D eigenvalue weighted by atomic mass is 10.2. The summed E-state index contributed by atoms with van der Waals surface area (Å²) in [6, 6.07) is -0.225. The van der Waals surface area contributed by atoms with Crippen LogP contribution in [0, 0.1) is 0 Å². The summed E-state index contributed by atoms with van der Waals surface area (Å²) in [4.78, 5) is 4.18. The Bertz CT molecular complexity index is 280. The Morgan fingerprint density at radius 1 is 1.62 bits per heavy atom. The van der Waals surface area contributed by atoms with Crippen molar-refractivity contribution in [2.45, 2.75) is 32.2 Å². The lowest BCUT2D eigenvalue weighted by Crippen LogP contribution is -2.09. The molecular weight excluding hydrogens is 166 g/mol. The molecule has 0 aromatic carbocycles. The fourth-order valence-electron chi connectivity index (χ4n) is 0.913. The van der Waals surface area contributed by atoms with Gasteiger partial charge in [0.15, 0.2) is 5.82 Å². The Labute approximate surface area is 77.8 Å². The third kappa shape index (κ3) is 2.39. The Morgan fingerprint density at radius 2 is 2.31 bits per heavy atom. The van der Waals surface area contributed by atoms with Crippen LogP contribution in [0.1, 0.15) is 43.9 Å². The highest BCUT2D eigenvalue weighted by molar-refractivity contribution is 4.96. The van der Waals surface area contributed by atoms with Gasteiger partial charge in [0.2, 0.25) is 5.89 Å². The van der Waals surface area contributed by atoms with Crippen molar-refractivity contribution in [1.82, 2.24) is 10.1 Å². The van der Waals surface area contributed by atoms with Crippen molar-refractivity contribution < 1.29 is 4.52 Å². The summed E-state index contributed by atoms with van der Waals surface area (Å²) in [5.74, 6) is 1.46. The Morgan fingerprint density at radius 3 is 2.77 bits per heavy atom. The molecule has 1 unspecified atom stereocenters. The van der Waals surface area contributed by atoms with Crippen molar-refractivity contribution >= 4 is 0 Å². The first-order valence-corrected chi connectivity index (χ1v) is 4.35. The number of aromatic nitrogens is 2. The van der Waals surface area contributed by atoms with Crippen LogP contribution in [0.2, 0.25) is 0 Å². The van der Waals surface area contributed by atoms with Gasteiger partial charge in [-0.3, -0.25) is 0 Å². The van der Waals surface area contributed by atoms with Crippen LogP contribution in [0.4, 0.5) is 0 Å². The highest BCUT2D eigenvalue weighted by Gasteiger charge is 2.14. The van der Waals surface area contributed by atoms with Crippen molar-refractivity contribution in [2.75, 3.05) is 0 Å². The van der Waals surface area contributed by atoms with Crippen LogP contribution in [0.15, 0.2) is 17.2 Å². The van der Waals surface area contributed by atoms with E-state index in [-0.39, 0.29) is 12.0 Å². The molecule has 4 heteroatoms.